The van der Waals surface area contributed by atoms with Gasteiger partial charge in [-0.25, -0.2) is 4.79 Å². The number of H-pyrrole nitrogens is 1. The van der Waals surface area contributed by atoms with Crippen molar-refractivity contribution in [2.24, 2.45) is 0 Å². The monoisotopic (exact) mass is 423 g/mol. The Kier molecular flexibility index (Phi) is 7.28. The minimum absolute atomic E-state index is 0.00290. The van der Waals surface area contributed by atoms with E-state index in [1.807, 2.05) is 45.0 Å². The fourth-order valence-corrected chi connectivity index (χ4v) is 3.49. The Balaban J connectivity index is 1.52. The van der Waals surface area contributed by atoms with Crippen molar-refractivity contribution in [1.29, 1.82) is 0 Å². The molecule has 0 aliphatic carbocycles. The molecule has 0 aliphatic rings. The largest absolute Gasteiger partial charge is 0.491 e. The van der Waals surface area contributed by atoms with Crippen molar-refractivity contribution in [1.82, 2.24) is 14.9 Å². The third kappa shape index (κ3) is 6.07. The number of benzene rings is 2. The first kappa shape index (κ1) is 22.3. The molecular formula is C24H29N3O4. The molecule has 1 unspecified atom stereocenters. The molecule has 31 heavy (non-hydrogen) atoms. The zero-order valence-corrected chi connectivity index (χ0v) is 18.2. The Morgan fingerprint density at radius 2 is 1.77 bits per heavy atom. The molecule has 0 radical (unpaired) electrons. The van der Waals surface area contributed by atoms with Crippen molar-refractivity contribution in [3.63, 3.8) is 0 Å². The van der Waals surface area contributed by atoms with Crippen LogP contribution in [-0.4, -0.2) is 27.6 Å². The highest BCUT2D eigenvalue weighted by Crippen LogP contribution is 2.15. The van der Waals surface area contributed by atoms with Gasteiger partial charge in [0.25, 0.3) is 5.56 Å². The molecule has 164 valence electrons. The number of hydrogen-bond donors (Lipinski definition) is 2. The SMILES string of the molecule is CC(CCc1ccc(OC(C)C)cc1)NC(=O)CCn1c(=O)[nH]c(=O)c2ccccc21. The summed E-state index contributed by atoms with van der Waals surface area (Å²) in [5, 5.41) is 3.42. The van der Waals surface area contributed by atoms with Crippen LogP contribution in [0.25, 0.3) is 10.9 Å². The van der Waals surface area contributed by atoms with E-state index in [0.29, 0.717) is 10.9 Å². The molecule has 1 atom stereocenters. The summed E-state index contributed by atoms with van der Waals surface area (Å²) in [5.41, 5.74) is 0.790. The van der Waals surface area contributed by atoms with Gasteiger partial charge in [-0.1, -0.05) is 24.3 Å². The van der Waals surface area contributed by atoms with Gasteiger partial charge in [0.2, 0.25) is 5.91 Å². The highest BCUT2D eigenvalue weighted by atomic mass is 16.5. The van der Waals surface area contributed by atoms with Crippen LogP contribution >= 0.6 is 0 Å². The zero-order chi connectivity index (χ0) is 22.4. The summed E-state index contributed by atoms with van der Waals surface area (Å²) in [6, 6.07) is 14.9. The molecule has 0 spiro atoms. The average molecular weight is 424 g/mol. The van der Waals surface area contributed by atoms with Crippen LogP contribution in [0.5, 0.6) is 5.75 Å². The first-order chi connectivity index (χ1) is 14.8. The third-order valence-electron chi connectivity index (χ3n) is 5.04. The number of para-hydroxylation sites is 1. The smallest absolute Gasteiger partial charge is 0.328 e. The summed E-state index contributed by atoms with van der Waals surface area (Å²) in [5.74, 6) is 0.723. The van der Waals surface area contributed by atoms with Crippen LogP contribution in [-0.2, 0) is 17.8 Å². The van der Waals surface area contributed by atoms with E-state index in [0.717, 1.165) is 18.6 Å². The number of fused-ring (bicyclic) bond motifs is 1. The van der Waals surface area contributed by atoms with Crippen LogP contribution in [0.4, 0.5) is 0 Å². The number of rotatable bonds is 9. The van der Waals surface area contributed by atoms with Gasteiger partial charge in [-0.2, -0.15) is 0 Å². The van der Waals surface area contributed by atoms with Crippen molar-refractivity contribution < 1.29 is 9.53 Å². The van der Waals surface area contributed by atoms with E-state index in [2.05, 4.69) is 10.3 Å². The van der Waals surface area contributed by atoms with Gasteiger partial charge >= 0.3 is 5.69 Å². The van der Waals surface area contributed by atoms with Crippen molar-refractivity contribution in [3.8, 4) is 5.75 Å². The number of nitrogens with one attached hydrogen (secondary N) is 2. The number of nitrogens with zero attached hydrogens (tertiary/aromatic N) is 1. The average Bonchev–Trinajstić information content (AvgIpc) is 2.72. The Morgan fingerprint density at radius 1 is 1.06 bits per heavy atom. The zero-order valence-electron chi connectivity index (χ0n) is 18.2. The maximum absolute atomic E-state index is 12.4. The maximum atomic E-state index is 12.4. The van der Waals surface area contributed by atoms with Gasteiger partial charge in [-0.05, 0) is 63.4 Å². The minimum atomic E-state index is -0.505. The lowest BCUT2D eigenvalue weighted by molar-refractivity contribution is -0.121. The lowest BCUT2D eigenvalue weighted by Gasteiger charge is -2.15. The van der Waals surface area contributed by atoms with Gasteiger partial charge in [0.15, 0.2) is 0 Å². The van der Waals surface area contributed by atoms with Gasteiger partial charge < -0.3 is 10.1 Å². The van der Waals surface area contributed by atoms with Gasteiger partial charge in [-0.3, -0.25) is 19.1 Å². The van der Waals surface area contributed by atoms with Crippen molar-refractivity contribution >= 4 is 16.8 Å². The summed E-state index contributed by atoms with van der Waals surface area (Å²) in [6.45, 7) is 6.16. The second-order valence-electron chi connectivity index (χ2n) is 8.00. The number of carbonyl (C=O) groups is 1. The summed E-state index contributed by atoms with van der Waals surface area (Å²) in [6.07, 6.45) is 1.94. The lowest BCUT2D eigenvalue weighted by Crippen LogP contribution is -2.35. The molecule has 1 amide bonds. The molecule has 0 saturated carbocycles. The fraction of sp³-hybridized carbons (Fsp3) is 0.375. The topological polar surface area (TPSA) is 93.2 Å². The van der Waals surface area contributed by atoms with E-state index >= 15 is 0 Å². The molecule has 1 aromatic heterocycles. The predicted molar refractivity (Wildman–Crippen MR) is 122 cm³/mol. The van der Waals surface area contributed by atoms with E-state index in [9.17, 15) is 14.4 Å². The van der Waals surface area contributed by atoms with Crippen molar-refractivity contribution in [3.05, 3.63) is 74.9 Å². The molecular weight excluding hydrogens is 394 g/mol. The highest BCUT2D eigenvalue weighted by molar-refractivity contribution is 5.78. The quantitative estimate of drug-likeness (QED) is 0.553. The number of amides is 1. The number of ether oxygens (including phenoxy) is 1. The molecule has 2 aromatic carbocycles. The van der Waals surface area contributed by atoms with Crippen LogP contribution in [0.15, 0.2) is 58.1 Å². The molecule has 0 saturated heterocycles. The summed E-state index contributed by atoms with van der Waals surface area (Å²) >= 11 is 0. The van der Waals surface area contributed by atoms with Gasteiger partial charge in [-0.15, -0.1) is 0 Å². The van der Waals surface area contributed by atoms with E-state index in [1.165, 1.54) is 10.1 Å². The first-order valence-corrected chi connectivity index (χ1v) is 10.6. The highest BCUT2D eigenvalue weighted by Gasteiger charge is 2.11. The Bertz CT molecular complexity index is 1150. The molecule has 1 heterocycles. The summed E-state index contributed by atoms with van der Waals surface area (Å²) in [7, 11) is 0. The van der Waals surface area contributed by atoms with E-state index in [1.54, 1.807) is 24.3 Å². The van der Waals surface area contributed by atoms with Crippen LogP contribution < -0.4 is 21.3 Å². The van der Waals surface area contributed by atoms with Crippen LogP contribution in [0.2, 0.25) is 0 Å². The van der Waals surface area contributed by atoms with Crippen LogP contribution in [0.3, 0.4) is 0 Å². The molecule has 0 fully saturated rings. The summed E-state index contributed by atoms with van der Waals surface area (Å²) in [4.78, 5) is 38.8. The molecule has 3 rings (SSSR count). The van der Waals surface area contributed by atoms with Gasteiger partial charge in [0, 0.05) is 19.0 Å². The van der Waals surface area contributed by atoms with Gasteiger partial charge in [0.05, 0.1) is 17.0 Å². The minimum Gasteiger partial charge on any atom is -0.491 e. The summed E-state index contributed by atoms with van der Waals surface area (Å²) < 4.78 is 7.08. The molecule has 2 N–H and O–H groups in total. The lowest BCUT2D eigenvalue weighted by atomic mass is 10.1. The third-order valence-corrected chi connectivity index (χ3v) is 5.04. The molecule has 7 nitrogen and oxygen atoms in total. The van der Waals surface area contributed by atoms with Crippen LogP contribution in [0, 0.1) is 0 Å². The van der Waals surface area contributed by atoms with E-state index < -0.39 is 11.2 Å². The first-order valence-electron chi connectivity index (χ1n) is 10.6. The number of carbonyl (C=O) groups excluding carboxylic acids is 1. The van der Waals surface area contributed by atoms with Gasteiger partial charge in [0.1, 0.15) is 5.75 Å². The number of aryl methyl sites for hydroxylation is 2. The Hall–Kier alpha value is -3.35. The van der Waals surface area contributed by atoms with Crippen molar-refractivity contribution in [2.45, 2.75) is 58.7 Å². The van der Waals surface area contributed by atoms with Crippen molar-refractivity contribution in [2.75, 3.05) is 0 Å². The second-order valence-corrected chi connectivity index (χ2v) is 8.00. The maximum Gasteiger partial charge on any atom is 0.328 e. The molecule has 0 aliphatic heterocycles. The predicted octanol–water partition coefficient (Wildman–Crippen LogP) is 3.00. The molecule has 0 bridgehead atoms. The van der Waals surface area contributed by atoms with Crippen LogP contribution in [0.1, 0.15) is 39.2 Å². The number of hydrogen-bond acceptors (Lipinski definition) is 4. The Morgan fingerprint density at radius 3 is 2.48 bits per heavy atom. The fourth-order valence-electron chi connectivity index (χ4n) is 3.49. The van der Waals surface area contributed by atoms with E-state index in [-0.39, 0.29) is 31.0 Å². The second kappa shape index (κ2) is 10.1. The number of aromatic amines is 1. The Labute approximate surface area is 181 Å². The normalized spacial score (nSPS) is 12.1. The standard InChI is InChI=1S/C24H29N3O4/c1-16(2)31-19-12-10-18(11-13-19)9-8-17(3)25-22(28)14-15-27-21-7-5-4-6-20(21)23(29)26-24(27)30/h4-7,10-13,16-17H,8-9,14-15H2,1-3H3,(H,25,28)(H,26,29,30). The molecule has 3 aromatic rings. The number of aromatic nitrogens is 2. The molecule has 7 heteroatoms. The van der Waals surface area contributed by atoms with E-state index in [4.69, 9.17) is 4.74 Å².